The van der Waals surface area contributed by atoms with E-state index in [4.69, 9.17) is 5.73 Å². The molecular formula is C17H23N3O. The first-order valence-corrected chi connectivity index (χ1v) is 7.48. The summed E-state index contributed by atoms with van der Waals surface area (Å²) in [5, 5.41) is 3.98. The standard InChI is InChI=1S/C17H23N3O/c1-12(6-3-7-13(2)18)17(21)20-16-10-4-9-15-14(16)8-5-11-19-15/h4-5,8-13H,3,6-7,18H2,1-2H3,(H,20,21). The molecule has 21 heavy (non-hydrogen) atoms. The summed E-state index contributed by atoms with van der Waals surface area (Å²) in [4.78, 5) is 16.6. The third-order valence-electron chi connectivity index (χ3n) is 3.65. The highest BCUT2D eigenvalue weighted by Gasteiger charge is 2.14. The molecule has 1 amide bonds. The Morgan fingerprint density at radius 2 is 2.05 bits per heavy atom. The van der Waals surface area contributed by atoms with Crippen LogP contribution in [0, 0.1) is 5.92 Å². The van der Waals surface area contributed by atoms with E-state index in [0.29, 0.717) is 0 Å². The minimum atomic E-state index is -0.0179. The molecule has 2 aromatic rings. The number of nitrogens with two attached hydrogens (primary N) is 1. The number of hydrogen-bond acceptors (Lipinski definition) is 3. The van der Waals surface area contributed by atoms with Gasteiger partial charge < -0.3 is 11.1 Å². The van der Waals surface area contributed by atoms with E-state index in [9.17, 15) is 4.79 Å². The van der Waals surface area contributed by atoms with Crippen molar-refractivity contribution in [1.82, 2.24) is 4.98 Å². The van der Waals surface area contributed by atoms with Crippen LogP contribution in [0.3, 0.4) is 0 Å². The van der Waals surface area contributed by atoms with E-state index in [1.807, 2.05) is 44.2 Å². The zero-order valence-electron chi connectivity index (χ0n) is 12.7. The normalized spacial score (nSPS) is 13.9. The highest BCUT2D eigenvalue weighted by molar-refractivity contribution is 6.01. The van der Waals surface area contributed by atoms with Crippen molar-refractivity contribution in [2.75, 3.05) is 5.32 Å². The van der Waals surface area contributed by atoms with Gasteiger partial charge in [0, 0.05) is 23.5 Å². The Bertz CT molecular complexity index is 605. The number of nitrogens with zero attached hydrogens (tertiary/aromatic N) is 1. The average Bonchev–Trinajstić information content (AvgIpc) is 2.47. The van der Waals surface area contributed by atoms with E-state index in [-0.39, 0.29) is 17.9 Å². The smallest absolute Gasteiger partial charge is 0.227 e. The van der Waals surface area contributed by atoms with Crippen LogP contribution in [-0.4, -0.2) is 16.9 Å². The molecule has 4 heteroatoms. The predicted octanol–water partition coefficient (Wildman–Crippen LogP) is 3.33. The quantitative estimate of drug-likeness (QED) is 0.855. The molecule has 0 aliphatic rings. The Morgan fingerprint density at radius 3 is 2.81 bits per heavy atom. The number of aromatic nitrogens is 1. The molecule has 2 unspecified atom stereocenters. The van der Waals surface area contributed by atoms with E-state index in [1.165, 1.54) is 0 Å². The highest BCUT2D eigenvalue weighted by atomic mass is 16.1. The van der Waals surface area contributed by atoms with Gasteiger partial charge in [-0.15, -0.1) is 0 Å². The Kier molecular flexibility index (Phi) is 5.28. The van der Waals surface area contributed by atoms with Crippen LogP contribution in [0.1, 0.15) is 33.1 Å². The molecule has 0 saturated carbocycles. The number of anilines is 1. The molecule has 0 fully saturated rings. The van der Waals surface area contributed by atoms with Crippen molar-refractivity contribution in [3.05, 3.63) is 36.5 Å². The lowest BCUT2D eigenvalue weighted by atomic mass is 10.0. The first-order valence-electron chi connectivity index (χ1n) is 7.48. The number of carbonyl (C=O) groups is 1. The van der Waals surface area contributed by atoms with Gasteiger partial charge in [-0.3, -0.25) is 9.78 Å². The maximum absolute atomic E-state index is 12.3. The highest BCUT2D eigenvalue weighted by Crippen LogP contribution is 2.22. The van der Waals surface area contributed by atoms with E-state index < -0.39 is 0 Å². The van der Waals surface area contributed by atoms with Crippen LogP contribution in [-0.2, 0) is 4.79 Å². The second-order valence-corrected chi connectivity index (χ2v) is 5.67. The van der Waals surface area contributed by atoms with Gasteiger partial charge in [-0.25, -0.2) is 0 Å². The Hall–Kier alpha value is -1.94. The van der Waals surface area contributed by atoms with Gasteiger partial charge in [-0.1, -0.05) is 19.4 Å². The molecule has 3 N–H and O–H groups in total. The lowest BCUT2D eigenvalue weighted by Crippen LogP contribution is -2.21. The summed E-state index contributed by atoms with van der Waals surface area (Å²) in [6, 6.07) is 9.81. The topological polar surface area (TPSA) is 68.0 Å². The van der Waals surface area contributed by atoms with Crippen molar-refractivity contribution < 1.29 is 4.79 Å². The lowest BCUT2D eigenvalue weighted by molar-refractivity contribution is -0.119. The molecule has 0 bridgehead atoms. The van der Waals surface area contributed by atoms with Crippen LogP contribution in [0.2, 0.25) is 0 Å². The molecule has 1 aromatic heterocycles. The van der Waals surface area contributed by atoms with Crippen LogP contribution in [0.15, 0.2) is 36.5 Å². The van der Waals surface area contributed by atoms with Crippen LogP contribution in [0.4, 0.5) is 5.69 Å². The van der Waals surface area contributed by atoms with Crippen LogP contribution < -0.4 is 11.1 Å². The number of pyridine rings is 1. The Morgan fingerprint density at radius 1 is 1.24 bits per heavy atom. The van der Waals surface area contributed by atoms with Crippen molar-refractivity contribution in [2.24, 2.45) is 11.7 Å². The molecule has 0 saturated heterocycles. The van der Waals surface area contributed by atoms with Gasteiger partial charge in [0.05, 0.1) is 11.2 Å². The summed E-state index contributed by atoms with van der Waals surface area (Å²) < 4.78 is 0. The third-order valence-corrected chi connectivity index (χ3v) is 3.65. The van der Waals surface area contributed by atoms with Crippen molar-refractivity contribution in [3.8, 4) is 0 Å². The lowest BCUT2D eigenvalue weighted by Gasteiger charge is -2.14. The maximum atomic E-state index is 12.3. The summed E-state index contributed by atoms with van der Waals surface area (Å²) in [6.07, 6.45) is 4.54. The number of hydrogen-bond donors (Lipinski definition) is 2. The third kappa shape index (κ3) is 4.26. The van der Waals surface area contributed by atoms with Crippen molar-refractivity contribution >= 4 is 22.5 Å². The number of rotatable bonds is 6. The summed E-state index contributed by atoms with van der Waals surface area (Å²) in [5.41, 5.74) is 7.45. The van der Waals surface area contributed by atoms with Gasteiger partial charge in [-0.05, 0) is 44.0 Å². The predicted molar refractivity (Wildman–Crippen MR) is 87.0 cm³/mol. The molecule has 4 nitrogen and oxygen atoms in total. The van der Waals surface area contributed by atoms with Crippen molar-refractivity contribution in [1.29, 1.82) is 0 Å². The van der Waals surface area contributed by atoms with E-state index in [0.717, 1.165) is 35.9 Å². The van der Waals surface area contributed by atoms with E-state index in [2.05, 4.69) is 10.3 Å². The zero-order valence-corrected chi connectivity index (χ0v) is 12.7. The maximum Gasteiger partial charge on any atom is 0.227 e. The Balaban J connectivity index is 2.01. The number of benzene rings is 1. The number of amides is 1. The summed E-state index contributed by atoms with van der Waals surface area (Å²) >= 11 is 0. The molecule has 0 radical (unpaired) electrons. The van der Waals surface area contributed by atoms with Crippen molar-refractivity contribution in [3.63, 3.8) is 0 Å². The molecule has 0 aliphatic carbocycles. The number of carbonyl (C=O) groups excluding carboxylic acids is 1. The molecule has 0 spiro atoms. The fourth-order valence-electron chi connectivity index (χ4n) is 2.35. The SMILES string of the molecule is CC(N)CCCC(C)C(=O)Nc1cccc2ncccc12. The molecule has 112 valence electrons. The second-order valence-electron chi connectivity index (χ2n) is 5.67. The second kappa shape index (κ2) is 7.18. The van der Waals surface area contributed by atoms with E-state index >= 15 is 0 Å². The fourth-order valence-corrected chi connectivity index (χ4v) is 2.35. The van der Waals surface area contributed by atoms with Gasteiger partial charge in [-0.2, -0.15) is 0 Å². The first-order chi connectivity index (χ1) is 10.1. The van der Waals surface area contributed by atoms with Crippen LogP contribution >= 0.6 is 0 Å². The van der Waals surface area contributed by atoms with Crippen LogP contribution in [0.5, 0.6) is 0 Å². The molecule has 2 rings (SSSR count). The first kappa shape index (κ1) is 15.4. The molecule has 2 atom stereocenters. The summed E-state index contributed by atoms with van der Waals surface area (Å²) in [7, 11) is 0. The average molecular weight is 285 g/mol. The van der Waals surface area contributed by atoms with Crippen molar-refractivity contribution in [2.45, 2.75) is 39.2 Å². The van der Waals surface area contributed by atoms with Gasteiger partial charge in [0.1, 0.15) is 0 Å². The largest absolute Gasteiger partial charge is 0.328 e. The zero-order chi connectivity index (χ0) is 15.2. The summed E-state index contributed by atoms with van der Waals surface area (Å²) in [5.74, 6) is 0.0340. The Labute approximate surface area is 125 Å². The van der Waals surface area contributed by atoms with Gasteiger partial charge in [0.15, 0.2) is 0 Å². The monoisotopic (exact) mass is 285 g/mol. The molecular weight excluding hydrogens is 262 g/mol. The van der Waals surface area contributed by atoms with Gasteiger partial charge in [0.2, 0.25) is 5.91 Å². The molecule has 1 heterocycles. The number of fused-ring (bicyclic) bond motifs is 1. The molecule has 0 aliphatic heterocycles. The minimum absolute atomic E-state index is 0.0179. The van der Waals surface area contributed by atoms with Crippen LogP contribution in [0.25, 0.3) is 10.9 Å². The fraction of sp³-hybridized carbons (Fsp3) is 0.412. The van der Waals surface area contributed by atoms with Gasteiger partial charge in [0.25, 0.3) is 0 Å². The van der Waals surface area contributed by atoms with E-state index in [1.54, 1.807) is 6.20 Å². The van der Waals surface area contributed by atoms with Gasteiger partial charge >= 0.3 is 0 Å². The number of nitrogens with one attached hydrogen (secondary N) is 1. The summed E-state index contributed by atoms with van der Waals surface area (Å²) in [6.45, 7) is 3.95. The molecule has 1 aromatic carbocycles. The minimum Gasteiger partial charge on any atom is -0.328 e.